The summed E-state index contributed by atoms with van der Waals surface area (Å²) in [6.07, 6.45) is 0.323. The van der Waals surface area contributed by atoms with E-state index in [1.165, 1.54) is 0 Å². The summed E-state index contributed by atoms with van der Waals surface area (Å²) in [4.78, 5) is 26.3. The van der Waals surface area contributed by atoms with Gasteiger partial charge in [-0.3, -0.25) is 9.59 Å². The van der Waals surface area contributed by atoms with E-state index < -0.39 is 0 Å². The molecule has 2 aromatic carbocycles. The monoisotopic (exact) mass is 352 g/mol. The highest BCUT2D eigenvalue weighted by Gasteiger charge is 2.29. The third-order valence-corrected chi connectivity index (χ3v) is 4.78. The fourth-order valence-electron chi connectivity index (χ4n) is 3.36. The Morgan fingerprint density at radius 3 is 2.58 bits per heavy atom. The Labute approximate surface area is 154 Å². The van der Waals surface area contributed by atoms with E-state index in [1.807, 2.05) is 41.3 Å². The molecule has 1 aliphatic rings. The number of carbonyl (C=O) groups is 2. The van der Waals surface area contributed by atoms with Crippen LogP contribution in [0.2, 0.25) is 0 Å². The minimum absolute atomic E-state index is 0.0289. The van der Waals surface area contributed by atoms with Crippen molar-refractivity contribution in [2.75, 3.05) is 26.7 Å². The van der Waals surface area contributed by atoms with Crippen molar-refractivity contribution >= 4 is 11.7 Å². The first-order valence-corrected chi connectivity index (χ1v) is 8.83. The first kappa shape index (κ1) is 18.1. The zero-order valence-corrected chi connectivity index (χ0v) is 15.2. The van der Waals surface area contributed by atoms with E-state index in [1.54, 1.807) is 26.2 Å². The highest BCUT2D eigenvalue weighted by atomic mass is 16.5. The normalized spacial score (nSPS) is 17.0. The number of nitrogens with zero attached hydrogens (tertiary/aromatic N) is 1. The molecule has 5 heteroatoms. The molecule has 1 amide bonds. The summed E-state index contributed by atoms with van der Waals surface area (Å²) in [5.74, 6) is 0.906. The van der Waals surface area contributed by atoms with Crippen LogP contribution < -0.4 is 10.1 Å². The summed E-state index contributed by atoms with van der Waals surface area (Å²) in [6, 6.07) is 15.1. The number of methoxy groups -OCH3 is 1. The van der Waals surface area contributed by atoms with Gasteiger partial charge in [-0.2, -0.15) is 0 Å². The number of amides is 1. The lowest BCUT2D eigenvalue weighted by Gasteiger charge is -2.37. The molecule has 1 heterocycles. The first-order chi connectivity index (χ1) is 12.6. The van der Waals surface area contributed by atoms with E-state index in [9.17, 15) is 9.59 Å². The SMILES string of the molecule is COc1ccccc1C1CNCCN1C(=O)Cc1ccc(C(C)=O)cc1. The fraction of sp³-hybridized carbons (Fsp3) is 0.333. The number of hydrogen-bond acceptors (Lipinski definition) is 4. The summed E-state index contributed by atoms with van der Waals surface area (Å²) in [6.45, 7) is 3.68. The number of para-hydroxylation sites is 1. The number of nitrogens with one attached hydrogen (secondary N) is 1. The zero-order valence-electron chi connectivity index (χ0n) is 15.2. The highest BCUT2D eigenvalue weighted by molar-refractivity contribution is 5.94. The third kappa shape index (κ3) is 3.94. The number of piperazine rings is 1. The van der Waals surface area contributed by atoms with Crippen LogP contribution in [0, 0.1) is 0 Å². The van der Waals surface area contributed by atoms with Gasteiger partial charge in [0.25, 0.3) is 0 Å². The van der Waals surface area contributed by atoms with Crippen LogP contribution in [0.25, 0.3) is 0 Å². The molecule has 136 valence electrons. The van der Waals surface area contributed by atoms with Crippen LogP contribution >= 0.6 is 0 Å². The van der Waals surface area contributed by atoms with E-state index in [2.05, 4.69) is 5.32 Å². The lowest BCUT2D eigenvalue weighted by atomic mass is 10.0. The molecule has 0 aliphatic carbocycles. The molecule has 0 saturated carbocycles. The molecule has 2 aromatic rings. The van der Waals surface area contributed by atoms with Gasteiger partial charge in [0.1, 0.15) is 5.75 Å². The Kier molecular flexibility index (Phi) is 5.68. The zero-order chi connectivity index (χ0) is 18.5. The lowest BCUT2D eigenvalue weighted by Crippen LogP contribution is -2.49. The molecule has 3 rings (SSSR count). The van der Waals surface area contributed by atoms with E-state index in [0.29, 0.717) is 25.1 Å². The van der Waals surface area contributed by atoms with E-state index in [-0.39, 0.29) is 17.7 Å². The third-order valence-electron chi connectivity index (χ3n) is 4.78. The van der Waals surface area contributed by atoms with Gasteiger partial charge in [-0.25, -0.2) is 0 Å². The van der Waals surface area contributed by atoms with Gasteiger partial charge in [0.15, 0.2) is 5.78 Å². The second kappa shape index (κ2) is 8.15. The van der Waals surface area contributed by atoms with Crippen molar-refractivity contribution < 1.29 is 14.3 Å². The Hall–Kier alpha value is -2.66. The van der Waals surface area contributed by atoms with Gasteiger partial charge >= 0.3 is 0 Å². The maximum absolute atomic E-state index is 13.0. The molecule has 1 N–H and O–H groups in total. The van der Waals surface area contributed by atoms with Gasteiger partial charge in [0.2, 0.25) is 5.91 Å². The number of carbonyl (C=O) groups excluding carboxylic acids is 2. The average molecular weight is 352 g/mol. The van der Waals surface area contributed by atoms with E-state index >= 15 is 0 Å². The Bertz CT molecular complexity index is 786. The molecule has 1 saturated heterocycles. The van der Waals surface area contributed by atoms with Crippen LogP contribution in [-0.2, 0) is 11.2 Å². The summed E-state index contributed by atoms with van der Waals surface area (Å²) in [5.41, 5.74) is 2.59. The molecule has 1 unspecified atom stereocenters. The number of benzene rings is 2. The standard InChI is InChI=1S/C21H24N2O3/c1-15(24)17-9-7-16(8-10-17)13-21(25)23-12-11-22-14-19(23)18-5-3-4-6-20(18)26-2/h3-10,19,22H,11-14H2,1-2H3. The van der Waals surface area contributed by atoms with E-state index in [4.69, 9.17) is 4.74 Å². The maximum atomic E-state index is 13.0. The van der Waals surface area contributed by atoms with Gasteiger partial charge in [-0.1, -0.05) is 42.5 Å². The summed E-state index contributed by atoms with van der Waals surface area (Å²) in [5, 5.41) is 3.37. The van der Waals surface area contributed by atoms with Crippen LogP contribution in [0.4, 0.5) is 0 Å². The Morgan fingerprint density at radius 2 is 1.88 bits per heavy atom. The molecular formula is C21H24N2O3. The largest absolute Gasteiger partial charge is 0.496 e. The van der Waals surface area contributed by atoms with Crippen molar-refractivity contribution in [3.05, 3.63) is 65.2 Å². The number of ether oxygens (including phenoxy) is 1. The van der Waals surface area contributed by atoms with Crippen molar-refractivity contribution in [1.82, 2.24) is 10.2 Å². The summed E-state index contributed by atoms with van der Waals surface area (Å²) < 4.78 is 5.48. The Balaban J connectivity index is 1.78. The van der Waals surface area contributed by atoms with Crippen LogP contribution in [0.3, 0.4) is 0 Å². The smallest absolute Gasteiger partial charge is 0.227 e. The summed E-state index contributed by atoms with van der Waals surface area (Å²) >= 11 is 0. The lowest BCUT2D eigenvalue weighted by molar-refractivity contribution is -0.133. The van der Waals surface area contributed by atoms with Crippen molar-refractivity contribution in [3.63, 3.8) is 0 Å². The average Bonchev–Trinajstić information content (AvgIpc) is 2.68. The van der Waals surface area contributed by atoms with Crippen molar-refractivity contribution in [1.29, 1.82) is 0 Å². The molecular weight excluding hydrogens is 328 g/mol. The molecule has 0 bridgehead atoms. The van der Waals surface area contributed by atoms with E-state index in [0.717, 1.165) is 23.4 Å². The maximum Gasteiger partial charge on any atom is 0.227 e. The highest BCUT2D eigenvalue weighted by Crippen LogP contribution is 2.30. The second-order valence-corrected chi connectivity index (χ2v) is 6.48. The molecule has 0 spiro atoms. The molecule has 0 radical (unpaired) electrons. The minimum Gasteiger partial charge on any atom is -0.496 e. The van der Waals surface area contributed by atoms with Crippen LogP contribution in [0.15, 0.2) is 48.5 Å². The second-order valence-electron chi connectivity index (χ2n) is 6.48. The quantitative estimate of drug-likeness (QED) is 0.841. The fourth-order valence-corrected chi connectivity index (χ4v) is 3.36. The van der Waals surface area contributed by atoms with Crippen molar-refractivity contribution in [2.45, 2.75) is 19.4 Å². The van der Waals surface area contributed by atoms with Gasteiger partial charge in [0, 0.05) is 30.8 Å². The Morgan fingerprint density at radius 1 is 1.15 bits per heavy atom. The molecule has 1 aliphatic heterocycles. The van der Waals surface area contributed by atoms with Crippen molar-refractivity contribution in [3.8, 4) is 5.75 Å². The topological polar surface area (TPSA) is 58.6 Å². The molecule has 0 aromatic heterocycles. The van der Waals surface area contributed by atoms with Gasteiger partial charge < -0.3 is 15.0 Å². The number of hydrogen-bond donors (Lipinski definition) is 1. The number of rotatable bonds is 5. The van der Waals surface area contributed by atoms with Crippen LogP contribution in [-0.4, -0.2) is 43.3 Å². The molecule has 1 atom stereocenters. The van der Waals surface area contributed by atoms with Gasteiger partial charge in [0.05, 0.1) is 19.6 Å². The number of ketones is 1. The molecule has 1 fully saturated rings. The number of Topliss-reactive ketones (excluding diaryl/α,β-unsaturated/α-hetero) is 1. The van der Waals surface area contributed by atoms with Crippen LogP contribution in [0.1, 0.15) is 34.5 Å². The predicted octanol–water partition coefficient (Wildman–Crippen LogP) is 2.61. The molecule has 26 heavy (non-hydrogen) atoms. The first-order valence-electron chi connectivity index (χ1n) is 8.83. The van der Waals surface area contributed by atoms with Gasteiger partial charge in [-0.05, 0) is 18.6 Å². The van der Waals surface area contributed by atoms with Crippen molar-refractivity contribution in [2.24, 2.45) is 0 Å². The van der Waals surface area contributed by atoms with Gasteiger partial charge in [-0.15, -0.1) is 0 Å². The van der Waals surface area contributed by atoms with Crippen LogP contribution in [0.5, 0.6) is 5.75 Å². The predicted molar refractivity (Wildman–Crippen MR) is 100 cm³/mol. The summed E-state index contributed by atoms with van der Waals surface area (Å²) in [7, 11) is 1.65. The molecule has 5 nitrogen and oxygen atoms in total. The minimum atomic E-state index is -0.0520.